The summed E-state index contributed by atoms with van der Waals surface area (Å²) in [6.07, 6.45) is 1.36. The molecule has 2 rings (SSSR count). The summed E-state index contributed by atoms with van der Waals surface area (Å²) in [5.74, 6) is -1.68. The van der Waals surface area contributed by atoms with E-state index in [0.717, 1.165) is 0 Å². The van der Waals surface area contributed by atoms with Crippen molar-refractivity contribution in [3.8, 4) is 0 Å². The van der Waals surface area contributed by atoms with Gasteiger partial charge in [-0.05, 0) is 24.3 Å². The number of H-pyrrole nitrogens is 1. The fourth-order valence-corrected chi connectivity index (χ4v) is 2.14. The molecule has 9 nitrogen and oxygen atoms in total. The first-order valence-corrected chi connectivity index (χ1v) is 7.41. The van der Waals surface area contributed by atoms with Gasteiger partial charge in [0.15, 0.2) is 5.16 Å². The Balaban J connectivity index is 1.83. The van der Waals surface area contributed by atoms with Gasteiger partial charge in [-0.25, -0.2) is 4.98 Å². The van der Waals surface area contributed by atoms with Crippen LogP contribution in [-0.2, 0) is 9.59 Å². The molecule has 0 radical (unpaired) electrons. The molecule has 0 atom stereocenters. The van der Waals surface area contributed by atoms with Gasteiger partial charge in [-0.1, -0.05) is 11.8 Å². The number of amides is 2. The van der Waals surface area contributed by atoms with E-state index in [1.54, 1.807) is 12.1 Å². The number of hydrogen-bond donors (Lipinski definition) is 4. The molecule has 0 aliphatic carbocycles. The van der Waals surface area contributed by atoms with Crippen molar-refractivity contribution in [2.45, 2.75) is 5.16 Å². The third-order valence-corrected chi connectivity index (χ3v) is 3.44. The predicted octanol–water partition coefficient (Wildman–Crippen LogP) is 0.350. The Labute approximate surface area is 134 Å². The number of carbonyl (C=O) groups excluding carboxylic acids is 2. The van der Waals surface area contributed by atoms with E-state index < -0.39 is 18.4 Å². The third-order valence-electron chi connectivity index (χ3n) is 2.56. The summed E-state index contributed by atoms with van der Waals surface area (Å²) < 4.78 is 0. The van der Waals surface area contributed by atoms with Crippen LogP contribution in [0, 0.1) is 0 Å². The fourth-order valence-electron chi connectivity index (χ4n) is 1.56. The van der Waals surface area contributed by atoms with Crippen molar-refractivity contribution in [2.75, 3.05) is 17.6 Å². The van der Waals surface area contributed by atoms with Crippen molar-refractivity contribution in [1.29, 1.82) is 0 Å². The van der Waals surface area contributed by atoms with Gasteiger partial charge in [0, 0.05) is 11.3 Å². The van der Waals surface area contributed by atoms with Crippen molar-refractivity contribution in [3.63, 3.8) is 0 Å². The highest BCUT2D eigenvalue weighted by Gasteiger charge is 2.08. The highest BCUT2D eigenvalue weighted by atomic mass is 32.2. The van der Waals surface area contributed by atoms with E-state index in [2.05, 4.69) is 25.8 Å². The number of carbonyl (C=O) groups is 3. The lowest BCUT2D eigenvalue weighted by Gasteiger charge is -2.06. The number of aromatic nitrogens is 3. The van der Waals surface area contributed by atoms with Gasteiger partial charge in [-0.2, -0.15) is 5.10 Å². The second kappa shape index (κ2) is 7.94. The maximum Gasteiger partial charge on any atom is 0.322 e. The van der Waals surface area contributed by atoms with Crippen LogP contribution in [-0.4, -0.2) is 50.4 Å². The standard InChI is InChI=1S/C13H13N5O4S/c19-10(6-23-13-15-7-16-18-13)17-9-3-1-8(2-4-9)12(22)14-5-11(20)21/h1-4,7H,5-6H2,(H,14,22)(H,17,19)(H,20,21)(H,15,16,18). The lowest BCUT2D eigenvalue weighted by atomic mass is 10.2. The first kappa shape index (κ1) is 16.5. The number of anilines is 1. The minimum absolute atomic E-state index is 0.163. The SMILES string of the molecule is O=C(O)CNC(=O)c1ccc(NC(=O)CSc2ncn[nH]2)cc1. The van der Waals surface area contributed by atoms with Crippen LogP contribution in [0.5, 0.6) is 0 Å². The Morgan fingerprint density at radius 1 is 1.22 bits per heavy atom. The molecule has 2 aromatic rings. The molecule has 0 aliphatic heterocycles. The van der Waals surface area contributed by atoms with Crippen molar-refractivity contribution < 1.29 is 19.5 Å². The second-order valence-electron chi connectivity index (χ2n) is 4.28. The number of aliphatic carboxylic acids is 1. The van der Waals surface area contributed by atoms with Crippen LogP contribution in [0.4, 0.5) is 5.69 Å². The van der Waals surface area contributed by atoms with Gasteiger partial charge in [0.25, 0.3) is 5.91 Å². The molecule has 23 heavy (non-hydrogen) atoms. The van der Waals surface area contributed by atoms with Crippen molar-refractivity contribution in [1.82, 2.24) is 20.5 Å². The van der Waals surface area contributed by atoms with Gasteiger partial charge >= 0.3 is 5.97 Å². The maximum atomic E-state index is 11.8. The Hall–Kier alpha value is -2.88. The number of carboxylic acid groups (broad SMARTS) is 1. The summed E-state index contributed by atoms with van der Waals surface area (Å²) in [6.45, 7) is -0.448. The molecule has 0 aliphatic rings. The molecule has 0 bridgehead atoms. The van der Waals surface area contributed by atoms with Gasteiger partial charge in [-0.15, -0.1) is 0 Å². The van der Waals surface area contributed by atoms with Crippen LogP contribution in [0.15, 0.2) is 35.7 Å². The highest BCUT2D eigenvalue weighted by molar-refractivity contribution is 7.99. The third kappa shape index (κ3) is 5.43. The molecule has 10 heteroatoms. The monoisotopic (exact) mass is 335 g/mol. The number of nitrogens with zero attached hydrogens (tertiary/aromatic N) is 2. The molecule has 1 heterocycles. The van der Waals surface area contributed by atoms with E-state index in [1.807, 2.05) is 0 Å². The number of hydrogen-bond acceptors (Lipinski definition) is 6. The maximum absolute atomic E-state index is 11.8. The molecule has 4 N–H and O–H groups in total. The van der Waals surface area contributed by atoms with Gasteiger partial charge in [0.1, 0.15) is 12.9 Å². The Morgan fingerprint density at radius 2 is 1.96 bits per heavy atom. The number of benzene rings is 1. The predicted molar refractivity (Wildman–Crippen MR) is 82.1 cm³/mol. The zero-order chi connectivity index (χ0) is 16.7. The summed E-state index contributed by atoms with van der Waals surface area (Å²) >= 11 is 1.21. The van der Waals surface area contributed by atoms with Gasteiger partial charge in [0.05, 0.1) is 5.75 Å². The molecule has 2 amide bonds. The number of carboxylic acids is 1. The second-order valence-corrected chi connectivity index (χ2v) is 5.25. The molecular formula is C13H13N5O4S. The summed E-state index contributed by atoms with van der Waals surface area (Å²) in [5.41, 5.74) is 0.836. The van der Waals surface area contributed by atoms with Gasteiger partial charge in [-0.3, -0.25) is 19.5 Å². The topological polar surface area (TPSA) is 137 Å². The summed E-state index contributed by atoms with van der Waals surface area (Å²) in [7, 11) is 0. The Morgan fingerprint density at radius 3 is 2.57 bits per heavy atom. The smallest absolute Gasteiger partial charge is 0.322 e. The fraction of sp³-hybridized carbons (Fsp3) is 0.154. The molecule has 1 aromatic carbocycles. The first-order valence-electron chi connectivity index (χ1n) is 6.42. The van der Waals surface area contributed by atoms with Crippen molar-refractivity contribution >= 4 is 35.2 Å². The quantitative estimate of drug-likeness (QED) is 0.536. The number of thioether (sulfide) groups is 1. The minimum atomic E-state index is -1.12. The van der Waals surface area contributed by atoms with E-state index >= 15 is 0 Å². The van der Waals surface area contributed by atoms with Crippen LogP contribution in [0.3, 0.4) is 0 Å². The van der Waals surface area contributed by atoms with Gasteiger partial charge < -0.3 is 15.7 Å². The van der Waals surface area contributed by atoms with Crippen LogP contribution in [0.25, 0.3) is 0 Å². The van der Waals surface area contributed by atoms with Gasteiger partial charge in [0.2, 0.25) is 5.91 Å². The molecule has 0 spiro atoms. The lowest BCUT2D eigenvalue weighted by Crippen LogP contribution is -2.29. The van der Waals surface area contributed by atoms with Crippen LogP contribution < -0.4 is 10.6 Å². The van der Waals surface area contributed by atoms with Crippen LogP contribution in [0.1, 0.15) is 10.4 Å². The van der Waals surface area contributed by atoms with E-state index in [-0.39, 0.29) is 11.7 Å². The summed E-state index contributed by atoms with van der Waals surface area (Å²) in [6, 6.07) is 6.12. The average Bonchev–Trinajstić information content (AvgIpc) is 3.05. The molecule has 0 saturated heterocycles. The molecule has 1 aromatic heterocycles. The normalized spacial score (nSPS) is 10.1. The summed E-state index contributed by atoms with van der Waals surface area (Å²) in [5, 5.41) is 20.3. The lowest BCUT2D eigenvalue weighted by molar-refractivity contribution is -0.135. The Kier molecular flexibility index (Phi) is 5.69. The van der Waals surface area contributed by atoms with E-state index in [0.29, 0.717) is 16.4 Å². The number of nitrogens with one attached hydrogen (secondary N) is 3. The molecular weight excluding hydrogens is 322 g/mol. The number of rotatable bonds is 7. The van der Waals surface area contributed by atoms with E-state index in [9.17, 15) is 14.4 Å². The zero-order valence-corrected chi connectivity index (χ0v) is 12.6. The van der Waals surface area contributed by atoms with E-state index in [1.165, 1.54) is 30.2 Å². The Bertz CT molecular complexity index is 687. The highest BCUT2D eigenvalue weighted by Crippen LogP contribution is 2.13. The molecule has 0 fully saturated rings. The first-order chi connectivity index (χ1) is 11.0. The van der Waals surface area contributed by atoms with E-state index in [4.69, 9.17) is 5.11 Å². The van der Waals surface area contributed by atoms with Crippen molar-refractivity contribution in [3.05, 3.63) is 36.2 Å². The van der Waals surface area contributed by atoms with Crippen LogP contribution in [0.2, 0.25) is 0 Å². The largest absolute Gasteiger partial charge is 0.480 e. The molecule has 120 valence electrons. The molecule has 0 unspecified atom stereocenters. The zero-order valence-electron chi connectivity index (χ0n) is 11.8. The molecule has 0 saturated carbocycles. The summed E-state index contributed by atoms with van der Waals surface area (Å²) in [4.78, 5) is 37.7. The average molecular weight is 335 g/mol. The number of aromatic amines is 1. The van der Waals surface area contributed by atoms with Crippen LogP contribution >= 0.6 is 11.8 Å². The minimum Gasteiger partial charge on any atom is -0.480 e. The van der Waals surface area contributed by atoms with Crippen molar-refractivity contribution in [2.24, 2.45) is 0 Å².